The van der Waals surface area contributed by atoms with E-state index in [1.165, 1.54) is 5.56 Å². The Kier molecular flexibility index (Phi) is 5.59. The molecule has 0 aliphatic rings. The van der Waals surface area contributed by atoms with Crippen LogP contribution in [-0.4, -0.2) is 30.4 Å². The van der Waals surface area contributed by atoms with Crippen molar-refractivity contribution in [3.05, 3.63) is 46.0 Å². The van der Waals surface area contributed by atoms with Crippen LogP contribution >= 0.6 is 11.3 Å². The van der Waals surface area contributed by atoms with Gasteiger partial charge in [0.2, 0.25) is 0 Å². The van der Waals surface area contributed by atoms with Gasteiger partial charge in [-0.05, 0) is 48.5 Å². The normalized spacial score (nSPS) is 12.6. The number of carbonyl (C=O) groups excluding carboxylic acids is 1. The molecule has 0 saturated heterocycles. The highest BCUT2D eigenvalue weighted by atomic mass is 32.1. The van der Waals surface area contributed by atoms with E-state index in [0.29, 0.717) is 12.3 Å². The molecular weight excluding hydrogens is 284 g/mol. The molecule has 114 valence electrons. The van der Waals surface area contributed by atoms with Crippen LogP contribution in [0.5, 0.6) is 0 Å². The van der Waals surface area contributed by atoms with Crippen molar-refractivity contribution in [2.75, 3.05) is 19.6 Å². The van der Waals surface area contributed by atoms with Crippen LogP contribution in [0.15, 0.2) is 33.6 Å². The minimum absolute atomic E-state index is 0.148. The van der Waals surface area contributed by atoms with Crippen molar-refractivity contribution in [2.45, 2.75) is 26.8 Å². The first-order chi connectivity index (χ1) is 10.2. The van der Waals surface area contributed by atoms with E-state index in [9.17, 15) is 4.79 Å². The highest BCUT2D eigenvalue weighted by Crippen LogP contribution is 2.22. The topological polar surface area (TPSA) is 45.5 Å². The lowest BCUT2D eigenvalue weighted by molar-refractivity contribution is 0.0906. The van der Waals surface area contributed by atoms with Crippen molar-refractivity contribution in [3.8, 4) is 0 Å². The lowest BCUT2D eigenvalue weighted by atomic mass is 10.1. The van der Waals surface area contributed by atoms with E-state index in [4.69, 9.17) is 4.42 Å². The number of rotatable bonds is 7. The van der Waals surface area contributed by atoms with Crippen molar-refractivity contribution in [1.29, 1.82) is 0 Å². The zero-order valence-electron chi connectivity index (χ0n) is 12.8. The molecule has 2 rings (SSSR count). The van der Waals surface area contributed by atoms with Crippen LogP contribution in [0.1, 0.15) is 41.6 Å². The second-order valence-corrected chi connectivity index (χ2v) is 5.72. The number of aryl methyl sites for hydroxylation is 1. The van der Waals surface area contributed by atoms with Gasteiger partial charge in [-0.3, -0.25) is 9.69 Å². The van der Waals surface area contributed by atoms with E-state index >= 15 is 0 Å². The molecule has 5 heteroatoms. The average molecular weight is 306 g/mol. The highest BCUT2D eigenvalue weighted by molar-refractivity contribution is 7.07. The number of hydrogen-bond donors (Lipinski definition) is 1. The van der Waals surface area contributed by atoms with Crippen molar-refractivity contribution in [3.63, 3.8) is 0 Å². The van der Waals surface area contributed by atoms with E-state index in [0.717, 1.165) is 18.7 Å². The summed E-state index contributed by atoms with van der Waals surface area (Å²) in [6.07, 6.45) is 1.55. The Labute approximate surface area is 129 Å². The van der Waals surface area contributed by atoms with Crippen LogP contribution < -0.4 is 5.32 Å². The first kappa shape index (κ1) is 15.8. The SMILES string of the molecule is CCN(CC)C(CNC(=O)c1occc1C)c1ccsc1. The molecule has 4 nitrogen and oxygen atoms in total. The number of hydrogen-bond acceptors (Lipinski definition) is 4. The molecule has 0 fully saturated rings. The number of furan rings is 1. The molecule has 1 N–H and O–H groups in total. The minimum Gasteiger partial charge on any atom is -0.459 e. The van der Waals surface area contributed by atoms with Crippen molar-refractivity contribution in [2.24, 2.45) is 0 Å². The number of carbonyl (C=O) groups is 1. The Morgan fingerprint density at radius 3 is 2.67 bits per heavy atom. The first-order valence-corrected chi connectivity index (χ1v) is 8.20. The Hall–Kier alpha value is -1.59. The smallest absolute Gasteiger partial charge is 0.287 e. The van der Waals surface area contributed by atoms with Crippen LogP contribution in [0.3, 0.4) is 0 Å². The van der Waals surface area contributed by atoms with Crippen LogP contribution in [0.2, 0.25) is 0 Å². The fraction of sp³-hybridized carbons (Fsp3) is 0.438. The van der Waals surface area contributed by atoms with Gasteiger partial charge >= 0.3 is 0 Å². The molecule has 0 saturated carbocycles. The van der Waals surface area contributed by atoms with Gasteiger partial charge in [-0.2, -0.15) is 11.3 Å². The summed E-state index contributed by atoms with van der Waals surface area (Å²) in [6, 6.07) is 4.12. The van der Waals surface area contributed by atoms with Gasteiger partial charge in [-0.15, -0.1) is 0 Å². The molecule has 1 atom stereocenters. The number of nitrogens with one attached hydrogen (secondary N) is 1. The highest BCUT2D eigenvalue weighted by Gasteiger charge is 2.20. The molecule has 0 spiro atoms. The predicted octanol–water partition coefficient (Wildman–Crippen LogP) is 3.46. The Balaban J connectivity index is 2.06. The fourth-order valence-electron chi connectivity index (χ4n) is 2.46. The number of nitrogens with zero attached hydrogens (tertiary/aromatic N) is 1. The maximum Gasteiger partial charge on any atom is 0.287 e. The summed E-state index contributed by atoms with van der Waals surface area (Å²) < 4.78 is 5.24. The van der Waals surface area contributed by atoms with E-state index < -0.39 is 0 Å². The van der Waals surface area contributed by atoms with E-state index in [-0.39, 0.29) is 11.9 Å². The number of likely N-dealkylation sites (N-methyl/N-ethyl adjacent to an activating group) is 1. The van der Waals surface area contributed by atoms with Gasteiger partial charge in [0.1, 0.15) is 0 Å². The minimum atomic E-state index is -0.148. The number of amides is 1. The molecular formula is C16H22N2O2S. The predicted molar refractivity (Wildman–Crippen MR) is 85.8 cm³/mol. The first-order valence-electron chi connectivity index (χ1n) is 7.25. The summed E-state index contributed by atoms with van der Waals surface area (Å²) in [7, 11) is 0. The summed E-state index contributed by atoms with van der Waals surface area (Å²) >= 11 is 1.68. The molecule has 21 heavy (non-hydrogen) atoms. The largest absolute Gasteiger partial charge is 0.459 e. The zero-order chi connectivity index (χ0) is 15.2. The maximum atomic E-state index is 12.2. The standard InChI is InChI=1S/C16H22N2O2S/c1-4-18(5-2)14(13-7-9-21-11-13)10-17-16(19)15-12(3)6-8-20-15/h6-9,11,14H,4-5,10H2,1-3H3,(H,17,19). The second-order valence-electron chi connectivity index (χ2n) is 4.94. The Morgan fingerprint density at radius 1 is 1.38 bits per heavy atom. The summed E-state index contributed by atoms with van der Waals surface area (Å²) in [5.74, 6) is 0.253. The molecule has 1 unspecified atom stereocenters. The molecule has 0 bridgehead atoms. The zero-order valence-corrected chi connectivity index (χ0v) is 13.6. The van der Waals surface area contributed by atoms with Crippen molar-refractivity contribution < 1.29 is 9.21 Å². The fourth-order valence-corrected chi connectivity index (χ4v) is 3.17. The third-order valence-electron chi connectivity index (χ3n) is 3.71. The van der Waals surface area contributed by atoms with E-state index in [2.05, 4.69) is 40.9 Å². The lowest BCUT2D eigenvalue weighted by Gasteiger charge is -2.29. The summed E-state index contributed by atoms with van der Waals surface area (Å²) in [6.45, 7) is 8.64. The van der Waals surface area contributed by atoms with Gasteiger partial charge in [-0.1, -0.05) is 13.8 Å². The summed E-state index contributed by atoms with van der Waals surface area (Å²) in [4.78, 5) is 14.5. The quantitative estimate of drug-likeness (QED) is 0.852. The van der Waals surface area contributed by atoms with Crippen LogP contribution in [0, 0.1) is 6.92 Å². The van der Waals surface area contributed by atoms with Gasteiger partial charge in [0.15, 0.2) is 5.76 Å². The van der Waals surface area contributed by atoms with E-state index in [1.807, 2.05) is 6.92 Å². The van der Waals surface area contributed by atoms with Gasteiger partial charge in [0.05, 0.1) is 12.3 Å². The molecule has 0 aliphatic heterocycles. The number of thiophene rings is 1. The lowest BCUT2D eigenvalue weighted by Crippen LogP contribution is -2.38. The maximum absolute atomic E-state index is 12.2. The summed E-state index contributed by atoms with van der Waals surface area (Å²) in [5, 5.41) is 7.21. The molecule has 2 heterocycles. The van der Waals surface area contributed by atoms with Crippen LogP contribution in [0.25, 0.3) is 0 Å². The summed E-state index contributed by atoms with van der Waals surface area (Å²) in [5.41, 5.74) is 2.11. The average Bonchev–Trinajstić information content (AvgIpc) is 3.14. The molecule has 2 aromatic rings. The van der Waals surface area contributed by atoms with Gasteiger partial charge in [0, 0.05) is 12.1 Å². The van der Waals surface area contributed by atoms with Gasteiger partial charge in [0.25, 0.3) is 5.91 Å². The Bertz CT molecular complexity index is 559. The van der Waals surface area contributed by atoms with Crippen LogP contribution in [-0.2, 0) is 0 Å². The Morgan fingerprint density at radius 2 is 2.14 bits per heavy atom. The van der Waals surface area contributed by atoms with Gasteiger partial charge in [-0.25, -0.2) is 0 Å². The van der Waals surface area contributed by atoms with E-state index in [1.54, 1.807) is 23.7 Å². The second kappa shape index (κ2) is 7.43. The molecule has 0 aromatic carbocycles. The third kappa shape index (κ3) is 3.74. The van der Waals surface area contributed by atoms with Gasteiger partial charge < -0.3 is 9.73 Å². The third-order valence-corrected chi connectivity index (χ3v) is 4.41. The molecule has 1 amide bonds. The monoisotopic (exact) mass is 306 g/mol. The van der Waals surface area contributed by atoms with Crippen molar-refractivity contribution in [1.82, 2.24) is 10.2 Å². The van der Waals surface area contributed by atoms with Crippen molar-refractivity contribution >= 4 is 17.2 Å². The van der Waals surface area contributed by atoms with Crippen LogP contribution in [0.4, 0.5) is 0 Å². The molecule has 0 radical (unpaired) electrons. The molecule has 0 aliphatic carbocycles. The molecule has 2 aromatic heterocycles.